The van der Waals surface area contributed by atoms with Gasteiger partial charge in [-0.05, 0) is 38.5 Å². The molecule has 0 rings (SSSR count). The summed E-state index contributed by atoms with van der Waals surface area (Å²) < 4.78 is 0. The molecule has 0 aromatic carbocycles. The molecule has 33 heavy (non-hydrogen) atoms. The van der Waals surface area contributed by atoms with Crippen molar-refractivity contribution in [3.8, 4) is 0 Å². The van der Waals surface area contributed by atoms with Crippen molar-refractivity contribution in [1.29, 1.82) is 0 Å². The molecule has 180 valence electrons. The van der Waals surface area contributed by atoms with E-state index in [0.29, 0.717) is 0 Å². The molecule has 0 aromatic rings. The van der Waals surface area contributed by atoms with Crippen LogP contribution < -0.4 is 104 Å². The van der Waals surface area contributed by atoms with Crippen molar-refractivity contribution >= 4 is 17.9 Å². The zero-order chi connectivity index (χ0) is 23.5. The van der Waals surface area contributed by atoms with Crippen LogP contribution in [0.2, 0.25) is 0 Å². The molecule has 0 amide bonds. The third-order valence-electron chi connectivity index (χ3n) is 4.45. The van der Waals surface area contributed by atoms with Crippen molar-refractivity contribution in [2.45, 2.75) is 136 Å². The fraction of sp³-hybridized carbons (Fsp3) is 0.875. The van der Waals surface area contributed by atoms with Gasteiger partial charge in [0, 0.05) is 17.9 Å². The number of hydrogen-bond acceptors (Lipinski definition) is 6. The third-order valence-corrected chi connectivity index (χ3v) is 4.45. The standard InChI is InChI=1S/3C8H16O2.3Na/c3*1-2-3-4-5-6-7-8(9)10;;;/h3*2-7H2,1H3,(H,9,10);;;/q;;;3*+1/p-3. The number of aliphatic carboxylic acids is 3. The summed E-state index contributed by atoms with van der Waals surface area (Å²) in [5.41, 5.74) is 0. The number of carboxylic acid groups (broad SMARTS) is 3. The molecule has 0 saturated heterocycles. The van der Waals surface area contributed by atoms with Crippen LogP contribution in [-0.2, 0) is 14.4 Å². The Morgan fingerprint density at radius 3 is 0.727 bits per heavy atom. The van der Waals surface area contributed by atoms with E-state index in [0.717, 1.165) is 57.8 Å². The minimum absolute atomic E-state index is 0. The predicted molar refractivity (Wildman–Crippen MR) is 115 cm³/mol. The first-order valence-electron chi connectivity index (χ1n) is 11.9. The van der Waals surface area contributed by atoms with Crippen LogP contribution in [0.15, 0.2) is 0 Å². The number of carbonyl (C=O) groups excluding carboxylic acids is 3. The topological polar surface area (TPSA) is 120 Å². The van der Waals surface area contributed by atoms with Crippen LogP contribution in [0.4, 0.5) is 0 Å². The second kappa shape index (κ2) is 43.5. The zero-order valence-corrected chi connectivity index (χ0v) is 28.7. The number of unbranched alkanes of at least 4 members (excludes halogenated alkanes) is 12. The quantitative estimate of drug-likeness (QED) is 0.137. The fourth-order valence-electron chi connectivity index (χ4n) is 2.62. The minimum atomic E-state index is -0.920. The Morgan fingerprint density at radius 1 is 0.394 bits per heavy atom. The van der Waals surface area contributed by atoms with Crippen LogP contribution >= 0.6 is 0 Å². The first-order valence-corrected chi connectivity index (χ1v) is 11.9. The maximum Gasteiger partial charge on any atom is 1.00 e. The van der Waals surface area contributed by atoms with Crippen LogP contribution in [0.3, 0.4) is 0 Å². The van der Waals surface area contributed by atoms with E-state index < -0.39 is 17.9 Å². The maximum atomic E-state index is 9.92. The van der Waals surface area contributed by atoms with Crippen molar-refractivity contribution in [3.63, 3.8) is 0 Å². The summed E-state index contributed by atoms with van der Waals surface area (Å²) in [5.74, 6) is -2.76. The van der Waals surface area contributed by atoms with Crippen molar-refractivity contribution < 1.29 is 118 Å². The Kier molecular flexibility index (Phi) is 62.7. The Balaban J connectivity index is -0.0000000792. The molecule has 0 N–H and O–H groups in total. The molecule has 0 aromatic heterocycles. The van der Waals surface area contributed by atoms with E-state index in [1.54, 1.807) is 0 Å². The molecule has 9 heteroatoms. The number of rotatable bonds is 18. The van der Waals surface area contributed by atoms with Crippen molar-refractivity contribution in [3.05, 3.63) is 0 Å². The van der Waals surface area contributed by atoms with Gasteiger partial charge in [-0.3, -0.25) is 0 Å². The molecule has 0 spiro atoms. The van der Waals surface area contributed by atoms with Crippen LogP contribution in [0.25, 0.3) is 0 Å². The summed E-state index contributed by atoms with van der Waals surface area (Å²) in [6, 6.07) is 0. The van der Waals surface area contributed by atoms with E-state index in [1.165, 1.54) is 38.5 Å². The summed E-state index contributed by atoms with van der Waals surface area (Å²) >= 11 is 0. The molecular formula is C24H45Na3O6. The summed E-state index contributed by atoms with van der Waals surface area (Å²) in [7, 11) is 0. The summed E-state index contributed by atoms with van der Waals surface area (Å²) in [6.45, 7) is 6.41. The smallest absolute Gasteiger partial charge is 0.550 e. The molecule has 0 saturated carbocycles. The average Bonchev–Trinajstić information content (AvgIpc) is 2.68. The van der Waals surface area contributed by atoms with Crippen molar-refractivity contribution in [2.24, 2.45) is 0 Å². The Hall–Kier alpha value is 1.41. The molecule has 0 aliphatic heterocycles. The largest absolute Gasteiger partial charge is 1.00 e. The molecule has 0 aliphatic carbocycles. The van der Waals surface area contributed by atoms with Gasteiger partial charge in [0.05, 0.1) is 0 Å². The van der Waals surface area contributed by atoms with Gasteiger partial charge in [-0.25, -0.2) is 0 Å². The second-order valence-corrected chi connectivity index (χ2v) is 7.61. The second-order valence-electron chi connectivity index (χ2n) is 7.61. The monoisotopic (exact) mass is 498 g/mol. The van der Waals surface area contributed by atoms with Crippen molar-refractivity contribution in [2.75, 3.05) is 0 Å². The van der Waals surface area contributed by atoms with E-state index in [9.17, 15) is 29.7 Å². The third kappa shape index (κ3) is 65.6. The summed E-state index contributed by atoms with van der Waals surface area (Å²) in [5, 5.41) is 29.8. The molecule has 0 fully saturated rings. The maximum absolute atomic E-state index is 9.92. The first kappa shape index (κ1) is 47.6. The van der Waals surface area contributed by atoms with Gasteiger partial charge in [0.25, 0.3) is 0 Å². The SMILES string of the molecule is CCCCCCCC(=O)[O-].CCCCCCCC(=O)[O-].CCCCCCCC(=O)[O-].[Na+].[Na+].[Na+]. The van der Waals surface area contributed by atoms with Gasteiger partial charge in [-0.1, -0.05) is 97.8 Å². The number of hydrogen-bond donors (Lipinski definition) is 0. The Morgan fingerprint density at radius 2 is 0.576 bits per heavy atom. The van der Waals surface area contributed by atoms with Gasteiger partial charge < -0.3 is 29.7 Å². The van der Waals surface area contributed by atoms with E-state index in [1.807, 2.05) is 0 Å². The normalized spacial score (nSPS) is 8.82. The summed E-state index contributed by atoms with van der Waals surface area (Å²) in [6.07, 6.45) is 16.8. The Labute approximate surface area is 269 Å². The first-order chi connectivity index (χ1) is 14.3. The van der Waals surface area contributed by atoms with Crippen molar-refractivity contribution in [1.82, 2.24) is 0 Å². The average molecular weight is 499 g/mol. The van der Waals surface area contributed by atoms with Crippen LogP contribution in [0, 0.1) is 0 Å². The fourth-order valence-corrected chi connectivity index (χ4v) is 2.62. The molecule has 0 heterocycles. The van der Waals surface area contributed by atoms with E-state index in [2.05, 4.69) is 20.8 Å². The molecule has 0 atom stereocenters. The minimum Gasteiger partial charge on any atom is -0.550 e. The number of carboxylic acids is 3. The van der Waals surface area contributed by atoms with E-state index in [-0.39, 0.29) is 108 Å². The Bertz CT molecular complexity index is 339. The predicted octanol–water partition coefficient (Wildman–Crippen LogP) is -5.70. The molecule has 0 radical (unpaired) electrons. The van der Waals surface area contributed by atoms with Gasteiger partial charge in [0.15, 0.2) is 0 Å². The molecule has 0 aliphatic rings. The van der Waals surface area contributed by atoms with E-state index in [4.69, 9.17) is 0 Å². The van der Waals surface area contributed by atoms with Crippen LogP contribution in [0.1, 0.15) is 136 Å². The van der Waals surface area contributed by atoms with Gasteiger partial charge in [-0.2, -0.15) is 0 Å². The van der Waals surface area contributed by atoms with Gasteiger partial charge in [0.1, 0.15) is 0 Å². The van der Waals surface area contributed by atoms with E-state index >= 15 is 0 Å². The molecule has 0 unspecified atom stereocenters. The number of carbonyl (C=O) groups is 3. The summed E-state index contributed by atoms with van der Waals surface area (Å²) in [4.78, 5) is 29.8. The molecule has 0 bridgehead atoms. The van der Waals surface area contributed by atoms with Gasteiger partial charge >= 0.3 is 88.7 Å². The molecule has 6 nitrogen and oxygen atoms in total. The van der Waals surface area contributed by atoms with Gasteiger partial charge in [-0.15, -0.1) is 0 Å². The molecular weight excluding hydrogens is 453 g/mol. The van der Waals surface area contributed by atoms with Crippen LogP contribution in [0.5, 0.6) is 0 Å². The zero-order valence-electron chi connectivity index (χ0n) is 22.7. The van der Waals surface area contributed by atoms with Crippen LogP contribution in [-0.4, -0.2) is 17.9 Å². The van der Waals surface area contributed by atoms with Gasteiger partial charge in [0.2, 0.25) is 0 Å².